The zero-order chi connectivity index (χ0) is 43.9. The molecule has 0 aliphatic heterocycles. The Morgan fingerprint density at radius 2 is 0.906 bits per heavy atom. The van der Waals surface area contributed by atoms with Gasteiger partial charge in [0.05, 0.1) is 0 Å². The summed E-state index contributed by atoms with van der Waals surface area (Å²) in [7, 11) is 0. The standard InChI is InChI=1S/C62H60N2/c1-46-28-38-60(48(3)42-46)63(44-58(50-20-10-5-11-21-50)51-22-12-6-13-23-51)56-34-30-54(31-35-56)62(40-18-9-19-41-62)55-32-36-57(37-33-55)64(61-39-29-47(2)43-49(61)4)45-59(52-24-14-7-15-25-52)53-26-16-8-17-27-53/h5-8,10-17,20-39,42-44,59H,9,18-19,40-41,45H2,1-4H3. The topological polar surface area (TPSA) is 6.48 Å². The fourth-order valence-electron chi connectivity index (χ4n) is 10.2. The fraction of sp³-hybridized carbons (Fsp3) is 0.194. The van der Waals surface area contributed by atoms with Crippen molar-refractivity contribution in [1.29, 1.82) is 0 Å². The van der Waals surface area contributed by atoms with Crippen LogP contribution in [0, 0.1) is 27.7 Å². The number of hydrogen-bond donors (Lipinski definition) is 0. The summed E-state index contributed by atoms with van der Waals surface area (Å²) in [6.07, 6.45) is 8.36. The summed E-state index contributed by atoms with van der Waals surface area (Å²) in [5.74, 6) is 0.195. The SMILES string of the molecule is Cc1ccc(N(C=C(c2ccccc2)c2ccccc2)c2ccc(C3(c4ccc(N(CC(c5ccccc5)c5ccccc5)c5ccc(C)cc5C)cc4)CCCCC3)cc2)c(C)c1. The van der Waals surface area contributed by atoms with E-state index in [1.54, 1.807) is 0 Å². The minimum absolute atomic E-state index is 0.0593. The Bertz CT molecular complexity index is 2700. The molecule has 0 unspecified atom stereocenters. The van der Waals surface area contributed by atoms with E-state index in [1.807, 2.05) is 0 Å². The number of hydrogen-bond acceptors (Lipinski definition) is 2. The number of nitrogens with zero attached hydrogens (tertiary/aromatic N) is 2. The van der Waals surface area contributed by atoms with E-state index in [9.17, 15) is 0 Å². The fourth-order valence-corrected chi connectivity index (χ4v) is 10.2. The monoisotopic (exact) mass is 832 g/mol. The molecule has 0 bridgehead atoms. The van der Waals surface area contributed by atoms with E-state index in [4.69, 9.17) is 0 Å². The van der Waals surface area contributed by atoms with Crippen molar-refractivity contribution >= 4 is 28.3 Å². The first-order valence-electron chi connectivity index (χ1n) is 23.2. The van der Waals surface area contributed by atoms with Gasteiger partial charge in [0, 0.05) is 52.4 Å². The van der Waals surface area contributed by atoms with Crippen molar-refractivity contribution in [1.82, 2.24) is 0 Å². The van der Waals surface area contributed by atoms with Crippen LogP contribution in [0.25, 0.3) is 5.57 Å². The van der Waals surface area contributed by atoms with Crippen molar-refractivity contribution in [2.45, 2.75) is 71.1 Å². The van der Waals surface area contributed by atoms with Crippen molar-refractivity contribution in [3.63, 3.8) is 0 Å². The van der Waals surface area contributed by atoms with Crippen LogP contribution in [0.15, 0.2) is 212 Å². The lowest BCUT2D eigenvalue weighted by Crippen LogP contribution is -2.31. The zero-order valence-corrected chi connectivity index (χ0v) is 37.9. The maximum atomic E-state index is 2.56. The van der Waals surface area contributed by atoms with Gasteiger partial charge in [-0.3, -0.25) is 0 Å². The van der Waals surface area contributed by atoms with E-state index in [0.717, 1.165) is 25.1 Å². The molecule has 0 radical (unpaired) electrons. The predicted octanol–water partition coefficient (Wildman–Crippen LogP) is 16.4. The van der Waals surface area contributed by atoms with Crippen molar-refractivity contribution in [2.75, 3.05) is 16.3 Å². The molecule has 0 atom stereocenters. The molecule has 0 amide bonds. The summed E-state index contributed by atoms with van der Waals surface area (Å²) in [4.78, 5) is 4.95. The predicted molar refractivity (Wildman–Crippen MR) is 272 cm³/mol. The van der Waals surface area contributed by atoms with Gasteiger partial charge in [-0.25, -0.2) is 0 Å². The Kier molecular flexibility index (Phi) is 12.7. The van der Waals surface area contributed by atoms with Gasteiger partial charge in [0.15, 0.2) is 0 Å². The normalized spacial score (nSPS) is 13.3. The third-order valence-corrected chi connectivity index (χ3v) is 13.6. The summed E-state index contributed by atoms with van der Waals surface area (Å²) >= 11 is 0. The molecule has 8 aromatic carbocycles. The van der Waals surface area contributed by atoms with Crippen LogP contribution in [0.4, 0.5) is 22.7 Å². The molecule has 0 aromatic heterocycles. The van der Waals surface area contributed by atoms with E-state index in [0.29, 0.717) is 0 Å². The van der Waals surface area contributed by atoms with Crippen molar-refractivity contribution in [3.05, 3.63) is 268 Å². The van der Waals surface area contributed by atoms with Crippen molar-refractivity contribution < 1.29 is 0 Å². The van der Waals surface area contributed by atoms with Gasteiger partial charge in [-0.15, -0.1) is 0 Å². The molecule has 318 valence electrons. The highest BCUT2D eigenvalue weighted by molar-refractivity contribution is 5.84. The molecule has 0 saturated heterocycles. The average Bonchev–Trinajstić information content (AvgIpc) is 3.34. The van der Waals surface area contributed by atoms with Crippen LogP contribution in [0.2, 0.25) is 0 Å². The van der Waals surface area contributed by atoms with Gasteiger partial charge in [-0.1, -0.05) is 200 Å². The summed E-state index contributed by atoms with van der Waals surface area (Å²) in [5.41, 5.74) is 18.9. The summed E-state index contributed by atoms with van der Waals surface area (Å²) < 4.78 is 0. The van der Waals surface area contributed by atoms with Crippen LogP contribution in [-0.4, -0.2) is 6.54 Å². The molecular formula is C62H60N2. The maximum Gasteiger partial charge on any atom is 0.0485 e. The number of rotatable bonds is 13. The Hall–Kier alpha value is -6.90. The molecule has 1 saturated carbocycles. The van der Waals surface area contributed by atoms with Crippen LogP contribution >= 0.6 is 0 Å². The van der Waals surface area contributed by atoms with Gasteiger partial charge < -0.3 is 9.80 Å². The number of anilines is 4. The first kappa shape index (κ1) is 42.4. The minimum Gasteiger partial charge on any atom is -0.340 e. The molecular weight excluding hydrogens is 773 g/mol. The smallest absolute Gasteiger partial charge is 0.0485 e. The molecule has 2 nitrogen and oxygen atoms in total. The second-order valence-corrected chi connectivity index (χ2v) is 17.9. The highest BCUT2D eigenvalue weighted by atomic mass is 15.1. The first-order valence-corrected chi connectivity index (χ1v) is 23.2. The molecule has 1 aliphatic carbocycles. The minimum atomic E-state index is -0.0593. The lowest BCUT2D eigenvalue weighted by atomic mass is 9.65. The van der Waals surface area contributed by atoms with E-state index in [1.165, 1.54) is 97.5 Å². The van der Waals surface area contributed by atoms with E-state index in [-0.39, 0.29) is 11.3 Å². The van der Waals surface area contributed by atoms with Crippen LogP contribution in [0.3, 0.4) is 0 Å². The van der Waals surface area contributed by atoms with Gasteiger partial charge in [-0.05, 0) is 121 Å². The Balaban J connectivity index is 1.10. The summed E-state index contributed by atoms with van der Waals surface area (Å²) in [5, 5.41) is 0. The van der Waals surface area contributed by atoms with Crippen LogP contribution in [0.1, 0.15) is 93.7 Å². The molecule has 1 aliphatic rings. The van der Waals surface area contributed by atoms with Crippen LogP contribution in [0.5, 0.6) is 0 Å². The van der Waals surface area contributed by atoms with Gasteiger partial charge >= 0.3 is 0 Å². The lowest BCUT2D eigenvalue weighted by Gasteiger charge is -2.39. The Morgan fingerprint density at radius 3 is 1.38 bits per heavy atom. The third kappa shape index (κ3) is 9.10. The molecule has 0 N–H and O–H groups in total. The Labute approximate surface area is 382 Å². The molecule has 2 heteroatoms. The molecule has 1 fully saturated rings. The average molecular weight is 833 g/mol. The lowest BCUT2D eigenvalue weighted by molar-refractivity contribution is 0.346. The molecule has 0 spiro atoms. The van der Waals surface area contributed by atoms with Crippen molar-refractivity contribution in [3.8, 4) is 0 Å². The highest BCUT2D eigenvalue weighted by Crippen LogP contribution is 2.47. The second kappa shape index (κ2) is 19.2. The number of benzene rings is 8. The van der Waals surface area contributed by atoms with Gasteiger partial charge in [-0.2, -0.15) is 0 Å². The van der Waals surface area contributed by atoms with E-state index in [2.05, 4.69) is 250 Å². The van der Waals surface area contributed by atoms with E-state index < -0.39 is 0 Å². The van der Waals surface area contributed by atoms with Gasteiger partial charge in [0.2, 0.25) is 0 Å². The second-order valence-electron chi connectivity index (χ2n) is 17.9. The molecule has 64 heavy (non-hydrogen) atoms. The summed E-state index contributed by atoms with van der Waals surface area (Å²) in [6.45, 7) is 9.67. The largest absolute Gasteiger partial charge is 0.340 e. The van der Waals surface area contributed by atoms with Gasteiger partial charge in [0.1, 0.15) is 0 Å². The van der Waals surface area contributed by atoms with Crippen molar-refractivity contribution in [2.24, 2.45) is 0 Å². The molecule has 9 rings (SSSR count). The van der Waals surface area contributed by atoms with Crippen LogP contribution in [-0.2, 0) is 5.41 Å². The molecule has 8 aromatic rings. The Morgan fingerprint density at radius 1 is 0.469 bits per heavy atom. The highest BCUT2D eigenvalue weighted by Gasteiger charge is 2.36. The summed E-state index contributed by atoms with van der Waals surface area (Å²) in [6, 6.07) is 76.5. The first-order chi connectivity index (χ1) is 31.4. The quantitative estimate of drug-likeness (QED) is 0.114. The molecule has 0 heterocycles. The maximum absolute atomic E-state index is 2.56. The van der Waals surface area contributed by atoms with Crippen LogP contribution < -0.4 is 9.80 Å². The van der Waals surface area contributed by atoms with E-state index >= 15 is 0 Å². The third-order valence-electron chi connectivity index (χ3n) is 13.6. The number of aryl methyl sites for hydroxylation is 4. The zero-order valence-electron chi connectivity index (χ0n) is 37.9. The van der Waals surface area contributed by atoms with Gasteiger partial charge in [0.25, 0.3) is 0 Å².